The second-order valence-corrected chi connectivity index (χ2v) is 3.24. The van der Waals surface area contributed by atoms with Crippen LogP contribution in [0, 0.1) is 5.92 Å². The quantitative estimate of drug-likeness (QED) is 0.463. The van der Waals surface area contributed by atoms with Gasteiger partial charge in [-0.25, -0.2) is 0 Å². The van der Waals surface area contributed by atoms with Crippen molar-refractivity contribution in [2.75, 3.05) is 0 Å². The standard InChI is InChI=1S/C11H18O/c1-5-9(2)8-10(3)6-7-11(4)12/h6-9H,5H2,1-4H3/b7-6+,10-8-. The number of rotatable bonds is 4. The zero-order valence-corrected chi connectivity index (χ0v) is 8.42. The molecule has 1 nitrogen and oxygen atoms in total. The van der Waals surface area contributed by atoms with Gasteiger partial charge in [0.25, 0.3) is 0 Å². The van der Waals surface area contributed by atoms with E-state index in [1.54, 1.807) is 13.0 Å². The Morgan fingerprint density at radius 3 is 2.33 bits per heavy atom. The van der Waals surface area contributed by atoms with Gasteiger partial charge in [0.1, 0.15) is 0 Å². The number of carbonyl (C=O) groups excluding carboxylic acids is 1. The van der Waals surface area contributed by atoms with E-state index in [-0.39, 0.29) is 5.78 Å². The van der Waals surface area contributed by atoms with E-state index in [4.69, 9.17) is 0 Å². The Labute approximate surface area is 75.2 Å². The molecule has 1 heteroatoms. The third-order valence-corrected chi connectivity index (χ3v) is 1.77. The van der Waals surface area contributed by atoms with Crippen LogP contribution in [-0.2, 0) is 4.79 Å². The normalized spacial score (nSPS) is 15.2. The van der Waals surface area contributed by atoms with Crippen molar-refractivity contribution in [3.05, 3.63) is 23.8 Å². The Bertz CT molecular complexity index is 199. The van der Waals surface area contributed by atoms with Crippen LogP contribution in [0.25, 0.3) is 0 Å². The zero-order valence-electron chi connectivity index (χ0n) is 8.42. The highest BCUT2D eigenvalue weighted by molar-refractivity contribution is 5.87. The lowest BCUT2D eigenvalue weighted by Crippen LogP contribution is -1.87. The lowest BCUT2D eigenvalue weighted by molar-refractivity contribution is -0.112. The average molecular weight is 166 g/mol. The fourth-order valence-electron chi connectivity index (χ4n) is 0.871. The predicted molar refractivity (Wildman–Crippen MR) is 53.0 cm³/mol. The summed E-state index contributed by atoms with van der Waals surface area (Å²) >= 11 is 0. The summed E-state index contributed by atoms with van der Waals surface area (Å²) in [4.78, 5) is 10.6. The fourth-order valence-corrected chi connectivity index (χ4v) is 0.871. The molecule has 0 rings (SSSR count). The summed E-state index contributed by atoms with van der Waals surface area (Å²) in [6.45, 7) is 7.91. The Kier molecular flexibility index (Phi) is 5.35. The van der Waals surface area contributed by atoms with Gasteiger partial charge in [0, 0.05) is 0 Å². The van der Waals surface area contributed by atoms with Gasteiger partial charge in [0.05, 0.1) is 0 Å². The highest BCUT2D eigenvalue weighted by atomic mass is 16.1. The molecule has 0 amide bonds. The molecule has 1 unspecified atom stereocenters. The maximum atomic E-state index is 10.6. The first-order chi connectivity index (χ1) is 5.56. The number of allylic oxidation sites excluding steroid dienone is 4. The molecule has 0 aliphatic rings. The van der Waals surface area contributed by atoms with Crippen molar-refractivity contribution in [3.8, 4) is 0 Å². The summed E-state index contributed by atoms with van der Waals surface area (Å²) in [7, 11) is 0. The van der Waals surface area contributed by atoms with Crippen molar-refractivity contribution in [1.82, 2.24) is 0 Å². The molecule has 1 atom stereocenters. The monoisotopic (exact) mass is 166 g/mol. The molecule has 0 aromatic carbocycles. The van der Waals surface area contributed by atoms with Crippen molar-refractivity contribution >= 4 is 5.78 Å². The smallest absolute Gasteiger partial charge is 0.152 e. The third kappa shape index (κ3) is 5.90. The minimum absolute atomic E-state index is 0.104. The Hall–Kier alpha value is -0.850. The predicted octanol–water partition coefficient (Wildman–Crippen LogP) is 3.12. The van der Waals surface area contributed by atoms with Gasteiger partial charge in [-0.3, -0.25) is 4.79 Å². The Morgan fingerprint density at radius 1 is 1.33 bits per heavy atom. The molecule has 0 bridgehead atoms. The summed E-state index contributed by atoms with van der Waals surface area (Å²) in [5.41, 5.74) is 1.17. The lowest BCUT2D eigenvalue weighted by Gasteiger charge is -2.00. The van der Waals surface area contributed by atoms with Crippen LogP contribution in [0.15, 0.2) is 23.8 Å². The second kappa shape index (κ2) is 5.76. The molecular weight excluding hydrogens is 148 g/mol. The molecular formula is C11H18O. The van der Waals surface area contributed by atoms with Crippen molar-refractivity contribution in [2.45, 2.75) is 34.1 Å². The van der Waals surface area contributed by atoms with Gasteiger partial charge < -0.3 is 0 Å². The van der Waals surface area contributed by atoms with E-state index < -0.39 is 0 Å². The molecule has 0 aliphatic heterocycles. The van der Waals surface area contributed by atoms with Crippen LogP contribution in [0.4, 0.5) is 0 Å². The maximum absolute atomic E-state index is 10.6. The highest BCUT2D eigenvalue weighted by Gasteiger charge is 1.92. The molecule has 68 valence electrons. The molecule has 0 saturated heterocycles. The molecule has 0 heterocycles. The van der Waals surface area contributed by atoms with Gasteiger partial charge in [-0.2, -0.15) is 0 Å². The van der Waals surface area contributed by atoms with Crippen molar-refractivity contribution in [3.63, 3.8) is 0 Å². The molecule has 0 aliphatic carbocycles. The summed E-state index contributed by atoms with van der Waals surface area (Å²) < 4.78 is 0. The zero-order chi connectivity index (χ0) is 9.56. The largest absolute Gasteiger partial charge is 0.295 e. The van der Waals surface area contributed by atoms with Crippen LogP contribution in [0.1, 0.15) is 34.1 Å². The van der Waals surface area contributed by atoms with Crippen molar-refractivity contribution in [2.24, 2.45) is 5.92 Å². The summed E-state index contributed by atoms with van der Waals surface area (Å²) in [5.74, 6) is 0.702. The van der Waals surface area contributed by atoms with E-state index >= 15 is 0 Å². The molecule has 0 spiro atoms. The summed E-state index contributed by atoms with van der Waals surface area (Å²) in [6.07, 6.45) is 6.80. The second-order valence-electron chi connectivity index (χ2n) is 3.24. The SMILES string of the molecule is CCC(C)/C=C(C)\C=C\C(C)=O. The van der Waals surface area contributed by atoms with E-state index in [1.807, 2.05) is 13.0 Å². The van der Waals surface area contributed by atoms with Crippen LogP contribution in [0.5, 0.6) is 0 Å². The van der Waals surface area contributed by atoms with Gasteiger partial charge in [0.2, 0.25) is 0 Å². The number of ketones is 1. The van der Waals surface area contributed by atoms with E-state index in [0.29, 0.717) is 5.92 Å². The topological polar surface area (TPSA) is 17.1 Å². The maximum Gasteiger partial charge on any atom is 0.152 e. The first-order valence-corrected chi connectivity index (χ1v) is 4.43. The molecule has 0 aromatic heterocycles. The van der Waals surface area contributed by atoms with Gasteiger partial charge in [0.15, 0.2) is 5.78 Å². The van der Waals surface area contributed by atoms with Gasteiger partial charge in [-0.15, -0.1) is 0 Å². The number of hydrogen-bond donors (Lipinski definition) is 0. The van der Waals surface area contributed by atoms with Crippen LogP contribution in [-0.4, -0.2) is 5.78 Å². The van der Waals surface area contributed by atoms with Crippen LogP contribution in [0.3, 0.4) is 0 Å². The third-order valence-electron chi connectivity index (χ3n) is 1.77. The summed E-state index contributed by atoms with van der Waals surface area (Å²) in [5, 5.41) is 0. The van der Waals surface area contributed by atoms with Gasteiger partial charge in [-0.05, 0) is 25.8 Å². The minimum atomic E-state index is 0.104. The van der Waals surface area contributed by atoms with E-state index in [2.05, 4.69) is 19.9 Å². The average Bonchev–Trinajstić information content (AvgIpc) is 2.00. The van der Waals surface area contributed by atoms with E-state index in [1.165, 1.54) is 5.57 Å². The first-order valence-electron chi connectivity index (χ1n) is 4.43. The van der Waals surface area contributed by atoms with Crippen LogP contribution < -0.4 is 0 Å². The number of hydrogen-bond acceptors (Lipinski definition) is 1. The number of carbonyl (C=O) groups is 1. The van der Waals surface area contributed by atoms with E-state index in [9.17, 15) is 4.79 Å². The van der Waals surface area contributed by atoms with E-state index in [0.717, 1.165) is 6.42 Å². The first kappa shape index (κ1) is 11.2. The van der Waals surface area contributed by atoms with Gasteiger partial charge >= 0.3 is 0 Å². The molecule has 0 N–H and O–H groups in total. The molecule has 0 fully saturated rings. The summed E-state index contributed by atoms with van der Waals surface area (Å²) in [6, 6.07) is 0. The molecule has 0 saturated carbocycles. The van der Waals surface area contributed by atoms with Crippen LogP contribution in [0.2, 0.25) is 0 Å². The van der Waals surface area contributed by atoms with Crippen LogP contribution >= 0.6 is 0 Å². The van der Waals surface area contributed by atoms with Crippen molar-refractivity contribution in [1.29, 1.82) is 0 Å². The van der Waals surface area contributed by atoms with Gasteiger partial charge in [-0.1, -0.05) is 38.0 Å². The fraction of sp³-hybridized carbons (Fsp3) is 0.545. The molecule has 0 aromatic rings. The Balaban J connectivity index is 4.10. The molecule has 12 heavy (non-hydrogen) atoms. The Morgan fingerprint density at radius 2 is 1.92 bits per heavy atom. The highest BCUT2D eigenvalue weighted by Crippen LogP contribution is 2.07. The minimum Gasteiger partial charge on any atom is -0.295 e. The van der Waals surface area contributed by atoms with Crippen molar-refractivity contribution < 1.29 is 4.79 Å². The lowest BCUT2D eigenvalue weighted by atomic mass is 10.1. The molecule has 0 radical (unpaired) electrons.